The number of halogens is 1. The Morgan fingerprint density at radius 1 is 0.931 bits per heavy atom. The number of phenols is 1. The van der Waals surface area contributed by atoms with E-state index >= 15 is 0 Å². The zero-order valence-electron chi connectivity index (χ0n) is 15.2. The zero-order valence-corrected chi connectivity index (χ0v) is 16.8. The number of fused-ring (bicyclic) bond motifs is 1. The predicted octanol–water partition coefficient (Wildman–Crippen LogP) is 5.27. The Morgan fingerprint density at radius 2 is 1.59 bits per heavy atom. The highest BCUT2D eigenvalue weighted by Crippen LogP contribution is 2.42. The number of rotatable bonds is 5. The minimum atomic E-state index is -4.03. The van der Waals surface area contributed by atoms with Gasteiger partial charge in [0.15, 0.2) is 0 Å². The summed E-state index contributed by atoms with van der Waals surface area (Å²) in [5.74, 6) is 0.0706. The lowest BCUT2D eigenvalue weighted by molar-refractivity contribution is 0.399. The van der Waals surface area contributed by atoms with E-state index in [2.05, 4.69) is 4.72 Å². The lowest BCUT2D eigenvalue weighted by Gasteiger charge is -2.21. The molecule has 0 saturated heterocycles. The summed E-state index contributed by atoms with van der Waals surface area (Å²) in [6, 6.07) is 18.0. The van der Waals surface area contributed by atoms with Crippen molar-refractivity contribution in [3.63, 3.8) is 0 Å². The molecule has 4 rings (SSSR count). The third kappa shape index (κ3) is 4.02. The third-order valence-corrected chi connectivity index (χ3v) is 7.26. The average molecular weight is 428 g/mol. The first kappa shape index (κ1) is 19.5. The Balaban J connectivity index is 1.78. The van der Waals surface area contributed by atoms with Crippen molar-refractivity contribution < 1.29 is 17.9 Å². The molecule has 7 heteroatoms. The van der Waals surface area contributed by atoms with E-state index in [1.807, 2.05) is 30.3 Å². The summed E-state index contributed by atoms with van der Waals surface area (Å²) < 4.78 is 42.4. The first-order chi connectivity index (χ1) is 14.0. The molecule has 4 nitrogen and oxygen atoms in total. The molecule has 29 heavy (non-hydrogen) atoms. The number of allylic oxidation sites excluding steroid dienone is 3. The smallest absolute Gasteiger partial charge is 0.242 e. The highest BCUT2D eigenvalue weighted by Gasteiger charge is 2.32. The molecule has 3 aromatic rings. The molecule has 1 aliphatic carbocycles. The number of nitrogens with one attached hydrogen (secondary N) is 1. The van der Waals surface area contributed by atoms with Crippen molar-refractivity contribution in [2.75, 3.05) is 4.72 Å². The minimum absolute atomic E-state index is 0.0706. The summed E-state index contributed by atoms with van der Waals surface area (Å²) in [5.41, 5.74) is 0.298. The van der Waals surface area contributed by atoms with Crippen LogP contribution in [-0.2, 0) is 10.0 Å². The van der Waals surface area contributed by atoms with Crippen LogP contribution in [0.5, 0.6) is 5.75 Å². The standard InChI is InChI=1S/C22H18FNO3S2/c23-18-12-6-7-13-21(18)29(26,27)24-19-14-20(28-15-8-2-1-3-9-15)22(25)17-11-5-4-10-16(17)19/h1-14,18,21,24-25H. The summed E-state index contributed by atoms with van der Waals surface area (Å²) >= 11 is 1.32. The van der Waals surface area contributed by atoms with E-state index in [9.17, 15) is 17.9 Å². The normalized spacial score (nSPS) is 18.8. The number of hydrogen-bond donors (Lipinski definition) is 2. The van der Waals surface area contributed by atoms with E-state index in [4.69, 9.17) is 0 Å². The van der Waals surface area contributed by atoms with Crippen molar-refractivity contribution in [3.05, 3.63) is 85.0 Å². The molecule has 2 unspecified atom stereocenters. The second-order valence-corrected chi connectivity index (χ2v) is 9.51. The Bertz CT molecular complexity index is 1210. The molecule has 0 amide bonds. The van der Waals surface area contributed by atoms with Gasteiger partial charge in [-0.15, -0.1) is 0 Å². The second kappa shape index (κ2) is 7.93. The van der Waals surface area contributed by atoms with Gasteiger partial charge in [-0.1, -0.05) is 72.5 Å². The van der Waals surface area contributed by atoms with Crippen molar-refractivity contribution in [2.24, 2.45) is 0 Å². The lowest BCUT2D eigenvalue weighted by atomic mass is 10.1. The molecule has 3 aromatic carbocycles. The van der Waals surface area contributed by atoms with Gasteiger partial charge in [0.1, 0.15) is 17.2 Å². The quantitative estimate of drug-likeness (QED) is 0.545. The number of hydrogen-bond acceptors (Lipinski definition) is 4. The lowest BCUT2D eigenvalue weighted by Crippen LogP contribution is -2.34. The van der Waals surface area contributed by atoms with Crippen molar-refractivity contribution in [3.8, 4) is 5.75 Å². The molecule has 0 bridgehead atoms. The van der Waals surface area contributed by atoms with Gasteiger partial charge in [-0.3, -0.25) is 4.72 Å². The van der Waals surface area contributed by atoms with Gasteiger partial charge in [0.2, 0.25) is 10.0 Å². The monoisotopic (exact) mass is 427 g/mol. The Kier molecular flexibility index (Phi) is 5.34. The fraction of sp³-hybridized carbons (Fsp3) is 0.0909. The van der Waals surface area contributed by atoms with Crippen LogP contribution in [0.25, 0.3) is 10.8 Å². The summed E-state index contributed by atoms with van der Waals surface area (Å²) in [6.07, 6.45) is 3.93. The number of phenolic OH excluding ortho intramolecular Hbond substituents is 1. The van der Waals surface area contributed by atoms with E-state index in [0.717, 1.165) is 4.90 Å². The van der Waals surface area contributed by atoms with Crippen LogP contribution in [-0.4, -0.2) is 24.9 Å². The molecule has 2 atom stereocenters. The van der Waals surface area contributed by atoms with Gasteiger partial charge in [0.25, 0.3) is 0 Å². The highest BCUT2D eigenvalue weighted by atomic mass is 32.2. The van der Waals surface area contributed by atoms with E-state index < -0.39 is 21.4 Å². The molecule has 2 N–H and O–H groups in total. The van der Waals surface area contributed by atoms with Crippen molar-refractivity contribution in [1.82, 2.24) is 0 Å². The first-order valence-electron chi connectivity index (χ1n) is 8.94. The van der Waals surface area contributed by atoms with Crippen molar-refractivity contribution in [2.45, 2.75) is 21.2 Å². The SMILES string of the molecule is O=S(=O)(Nc1cc(Sc2ccccc2)c(O)c2ccccc12)C1C=CC=CC1F. The molecule has 0 aromatic heterocycles. The van der Waals surface area contributed by atoms with Crippen LogP contribution in [0.2, 0.25) is 0 Å². The van der Waals surface area contributed by atoms with Gasteiger partial charge in [0.05, 0.1) is 10.6 Å². The van der Waals surface area contributed by atoms with Gasteiger partial charge in [-0.2, -0.15) is 0 Å². The summed E-state index contributed by atoms with van der Waals surface area (Å²) in [4.78, 5) is 1.40. The van der Waals surface area contributed by atoms with Crippen molar-refractivity contribution >= 4 is 38.2 Å². The Morgan fingerprint density at radius 3 is 2.31 bits per heavy atom. The first-order valence-corrected chi connectivity index (χ1v) is 11.3. The maximum Gasteiger partial charge on any atom is 0.242 e. The minimum Gasteiger partial charge on any atom is -0.506 e. The topological polar surface area (TPSA) is 66.4 Å². The van der Waals surface area contributed by atoms with Gasteiger partial charge < -0.3 is 5.11 Å². The van der Waals surface area contributed by atoms with Crippen LogP contribution in [0.15, 0.2) is 94.8 Å². The molecule has 0 aliphatic heterocycles. The highest BCUT2D eigenvalue weighted by molar-refractivity contribution is 7.99. The van der Waals surface area contributed by atoms with Crippen LogP contribution in [0.4, 0.5) is 10.1 Å². The van der Waals surface area contributed by atoms with Crippen LogP contribution >= 0.6 is 11.8 Å². The molecule has 0 radical (unpaired) electrons. The Labute approximate surface area is 172 Å². The molecular formula is C22H18FNO3S2. The van der Waals surface area contributed by atoms with Crippen LogP contribution in [0, 0.1) is 0 Å². The van der Waals surface area contributed by atoms with Crippen LogP contribution < -0.4 is 4.72 Å². The third-order valence-electron chi connectivity index (χ3n) is 4.58. The maximum absolute atomic E-state index is 14.2. The van der Waals surface area contributed by atoms with Gasteiger partial charge in [-0.25, -0.2) is 12.8 Å². The van der Waals surface area contributed by atoms with E-state index in [1.165, 1.54) is 36.1 Å². The second-order valence-electron chi connectivity index (χ2n) is 6.56. The van der Waals surface area contributed by atoms with Gasteiger partial charge in [0, 0.05) is 15.7 Å². The molecule has 0 saturated carbocycles. The summed E-state index contributed by atoms with van der Waals surface area (Å²) in [5, 5.41) is 10.5. The summed E-state index contributed by atoms with van der Waals surface area (Å²) in [6.45, 7) is 0. The van der Waals surface area contributed by atoms with Gasteiger partial charge >= 0.3 is 0 Å². The number of aromatic hydroxyl groups is 1. The van der Waals surface area contributed by atoms with Crippen LogP contribution in [0.3, 0.4) is 0 Å². The van der Waals surface area contributed by atoms with Crippen molar-refractivity contribution in [1.29, 1.82) is 0 Å². The van der Waals surface area contributed by atoms with E-state index in [-0.39, 0.29) is 5.75 Å². The number of anilines is 1. The number of sulfonamides is 1. The Hall–Kier alpha value is -2.77. The molecule has 0 spiro atoms. The molecule has 0 fully saturated rings. The van der Waals surface area contributed by atoms with Gasteiger partial charge in [-0.05, 0) is 24.3 Å². The molecule has 148 valence electrons. The molecule has 0 heterocycles. The molecule has 1 aliphatic rings. The fourth-order valence-electron chi connectivity index (χ4n) is 3.17. The zero-order chi connectivity index (χ0) is 20.4. The number of benzene rings is 3. The average Bonchev–Trinajstić information content (AvgIpc) is 2.72. The summed E-state index contributed by atoms with van der Waals surface area (Å²) in [7, 11) is -4.03. The van der Waals surface area contributed by atoms with Crippen LogP contribution in [0.1, 0.15) is 0 Å². The predicted molar refractivity (Wildman–Crippen MR) is 116 cm³/mol. The molecular weight excluding hydrogens is 409 g/mol. The largest absolute Gasteiger partial charge is 0.506 e. The maximum atomic E-state index is 14.2. The van der Waals surface area contributed by atoms with E-state index in [1.54, 1.807) is 30.3 Å². The fourth-order valence-corrected chi connectivity index (χ4v) is 5.44. The number of alkyl halides is 1. The van der Waals surface area contributed by atoms with E-state index in [0.29, 0.717) is 21.4 Å².